The van der Waals surface area contributed by atoms with Gasteiger partial charge in [0.25, 0.3) is 0 Å². The number of aromatic nitrogens is 3. The number of rotatable bonds is 1. The SMILES string of the molecule is Nc1ncnc2ccc(-c3cncs3)cc12. The van der Waals surface area contributed by atoms with Crippen molar-refractivity contribution in [1.82, 2.24) is 15.0 Å². The van der Waals surface area contributed by atoms with Gasteiger partial charge in [-0.15, -0.1) is 11.3 Å². The molecule has 0 saturated heterocycles. The van der Waals surface area contributed by atoms with Crippen LogP contribution in [0.15, 0.2) is 36.2 Å². The van der Waals surface area contributed by atoms with Gasteiger partial charge in [-0.25, -0.2) is 9.97 Å². The van der Waals surface area contributed by atoms with Crippen molar-refractivity contribution in [3.63, 3.8) is 0 Å². The first-order chi connectivity index (χ1) is 7.84. The normalized spacial score (nSPS) is 10.8. The van der Waals surface area contributed by atoms with Crippen LogP contribution in [0.25, 0.3) is 21.3 Å². The summed E-state index contributed by atoms with van der Waals surface area (Å²) in [6.07, 6.45) is 3.32. The summed E-state index contributed by atoms with van der Waals surface area (Å²) in [5.74, 6) is 0.511. The molecule has 0 saturated carbocycles. The highest BCUT2D eigenvalue weighted by atomic mass is 32.1. The van der Waals surface area contributed by atoms with Gasteiger partial charge in [-0.2, -0.15) is 0 Å². The molecule has 78 valence electrons. The lowest BCUT2D eigenvalue weighted by Gasteiger charge is -2.02. The average Bonchev–Trinajstić information content (AvgIpc) is 2.83. The number of nitrogens with zero attached hydrogens (tertiary/aromatic N) is 3. The summed E-state index contributed by atoms with van der Waals surface area (Å²) in [5.41, 5.74) is 9.58. The lowest BCUT2D eigenvalue weighted by atomic mass is 10.1. The van der Waals surface area contributed by atoms with E-state index in [1.807, 2.05) is 29.9 Å². The van der Waals surface area contributed by atoms with E-state index in [0.717, 1.165) is 21.3 Å². The second-order valence-corrected chi connectivity index (χ2v) is 4.24. The summed E-state index contributed by atoms with van der Waals surface area (Å²) in [4.78, 5) is 13.3. The Kier molecular flexibility index (Phi) is 2.04. The van der Waals surface area contributed by atoms with Crippen LogP contribution in [-0.4, -0.2) is 15.0 Å². The molecule has 0 fully saturated rings. The van der Waals surface area contributed by atoms with Gasteiger partial charge in [-0.3, -0.25) is 4.98 Å². The Morgan fingerprint density at radius 1 is 1.19 bits per heavy atom. The molecule has 16 heavy (non-hydrogen) atoms. The number of hydrogen-bond acceptors (Lipinski definition) is 5. The predicted octanol–water partition coefficient (Wildman–Crippen LogP) is 2.34. The quantitative estimate of drug-likeness (QED) is 0.694. The summed E-state index contributed by atoms with van der Waals surface area (Å²) >= 11 is 1.60. The van der Waals surface area contributed by atoms with E-state index in [2.05, 4.69) is 15.0 Å². The standard InChI is InChI=1S/C11H8N4S/c12-11-8-3-7(10-4-13-6-16-10)1-2-9(8)14-5-15-11/h1-6H,(H2,12,14,15). The smallest absolute Gasteiger partial charge is 0.134 e. The Labute approximate surface area is 95.8 Å². The van der Waals surface area contributed by atoms with Crippen molar-refractivity contribution in [2.45, 2.75) is 0 Å². The average molecular weight is 228 g/mol. The molecule has 0 aliphatic carbocycles. The maximum absolute atomic E-state index is 5.82. The Morgan fingerprint density at radius 3 is 2.94 bits per heavy atom. The molecular weight excluding hydrogens is 220 g/mol. The van der Waals surface area contributed by atoms with E-state index in [0.29, 0.717) is 5.82 Å². The van der Waals surface area contributed by atoms with Gasteiger partial charge >= 0.3 is 0 Å². The fourth-order valence-electron chi connectivity index (χ4n) is 1.59. The van der Waals surface area contributed by atoms with Crippen LogP contribution >= 0.6 is 11.3 Å². The highest BCUT2D eigenvalue weighted by Gasteiger charge is 2.04. The van der Waals surface area contributed by atoms with Crippen molar-refractivity contribution in [2.24, 2.45) is 0 Å². The number of hydrogen-bond donors (Lipinski definition) is 1. The molecule has 0 spiro atoms. The minimum Gasteiger partial charge on any atom is -0.383 e. The highest BCUT2D eigenvalue weighted by molar-refractivity contribution is 7.13. The van der Waals surface area contributed by atoms with Crippen LogP contribution in [0.2, 0.25) is 0 Å². The first-order valence-electron chi connectivity index (χ1n) is 4.74. The maximum Gasteiger partial charge on any atom is 0.134 e. The summed E-state index contributed by atoms with van der Waals surface area (Å²) in [6, 6.07) is 5.96. The minimum atomic E-state index is 0.511. The van der Waals surface area contributed by atoms with Crippen molar-refractivity contribution in [2.75, 3.05) is 5.73 Å². The molecule has 3 aromatic rings. The van der Waals surface area contributed by atoms with Crippen LogP contribution in [0.5, 0.6) is 0 Å². The first-order valence-corrected chi connectivity index (χ1v) is 5.61. The highest BCUT2D eigenvalue weighted by Crippen LogP contribution is 2.27. The molecule has 0 bridgehead atoms. The van der Waals surface area contributed by atoms with Crippen molar-refractivity contribution in [1.29, 1.82) is 0 Å². The van der Waals surface area contributed by atoms with E-state index in [-0.39, 0.29) is 0 Å². The van der Waals surface area contributed by atoms with Crippen LogP contribution < -0.4 is 5.73 Å². The summed E-state index contributed by atoms with van der Waals surface area (Å²) in [5, 5.41) is 0.883. The van der Waals surface area contributed by atoms with Crippen LogP contribution in [0.1, 0.15) is 0 Å². The Morgan fingerprint density at radius 2 is 2.12 bits per heavy atom. The number of fused-ring (bicyclic) bond motifs is 1. The van der Waals surface area contributed by atoms with Crippen LogP contribution in [-0.2, 0) is 0 Å². The summed E-state index contributed by atoms with van der Waals surface area (Å²) in [7, 11) is 0. The predicted molar refractivity (Wildman–Crippen MR) is 65.1 cm³/mol. The largest absolute Gasteiger partial charge is 0.383 e. The molecular formula is C11H8N4S. The van der Waals surface area contributed by atoms with Crippen molar-refractivity contribution in [3.05, 3.63) is 36.2 Å². The van der Waals surface area contributed by atoms with E-state index in [1.165, 1.54) is 6.33 Å². The Balaban J connectivity index is 2.27. The molecule has 0 unspecified atom stereocenters. The first kappa shape index (κ1) is 9.23. The fourth-order valence-corrected chi connectivity index (χ4v) is 2.21. The molecule has 0 aliphatic rings. The van der Waals surface area contributed by atoms with Gasteiger partial charge in [0.2, 0.25) is 0 Å². The second kappa shape index (κ2) is 3.53. The topological polar surface area (TPSA) is 64.7 Å². The van der Waals surface area contributed by atoms with E-state index in [1.54, 1.807) is 11.3 Å². The molecule has 3 rings (SSSR count). The van der Waals surface area contributed by atoms with Gasteiger partial charge in [0.15, 0.2) is 0 Å². The van der Waals surface area contributed by atoms with E-state index in [9.17, 15) is 0 Å². The third-order valence-corrected chi connectivity index (χ3v) is 3.21. The summed E-state index contributed by atoms with van der Waals surface area (Å²) < 4.78 is 0. The number of nitrogens with two attached hydrogens (primary N) is 1. The molecule has 2 aromatic heterocycles. The van der Waals surface area contributed by atoms with Crippen molar-refractivity contribution < 1.29 is 0 Å². The molecule has 2 N–H and O–H groups in total. The molecule has 0 atom stereocenters. The molecule has 0 amide bonds. The number of benzene rings is 1. The zero-order valence-corrected chi connectivity index (χ0v) is 9.11. The summed E-state index contributed by atoms with van der Waals surface area (Å²) in [6.45, 7) is 0. The molecule has 0 radical (unpaired) electrons. The zero-order chi connectivity index (χ0) is 11.0. The van der Waals surface area contributed by atoms with Crippen molar-refractivity contribution in [3.8, 4) is 10.4 Å². The third kappa shape index (κ3) is 1.42. The molecule has 4 nitrogen and oxygen atoms in total. The second-order valence-electron chi connectivity index (χ2n) is 3.36. The lowest BCUT2D eigenvalue weighted by molar-refractivity contribution is 1.23. The van der Waals surface area contributed by atoms with E-state index in [4.69, 9.17) is 5.73 Å². The van der Waals surface area contributed by atoms with Crippen LogP contribution in [0.3, 0.4) is 0 Å². The molecule has 2 heterocycles. The van der Waals surface area contributed by atoms with Gasteiger partial charge in [0.05, 0.1) is 15.9 Å². The van der Waals surface area contributed by atoms with E-state index >= 15 is 0 Å². The van der Waals surface area contributed by atoms with Gasteiger partial charge < -0.3 is 5.73 Å². The fraction of sp³-hybridized carbons (Fsp3) is 0. The Bertz CT molecular complexity index is 634. The van der Waals surface area contributed by atoms with Crippen LogP contribution in [0.4, 0.5) is 5.82 Å². The lowest BCUT2D eigenvalue weighted by Crippen LogP contribution is -1.92. The number of anilines is 1. The monoisotopic (exact) mass is 228 g/mol. The number of nitrogen functional groups attached to an aromatic ring is 1. The van der Waals surface area contributed by atoms with Gasteiger partial charge in [0, 0.05) is 11.6 Å². The Hall–Kier alpha value is -2.01. The van der Waals surface area contributed by atoms with Gasteiger partial charge in [-0.1, -0.05) is 6.07 Å². The molecule has 0 aliphatic heterocycles. The van der Waals surface area contributed by atoms with E-state index < -0.39 is 0 Å². The van der Waals surface area contributed by atoms with Gasteiger partial charge in [0.1, 0.15) is 12.1 Å². The maximum atomic E-state index is 5.82. The third-order valence-electron chi connectivity index (χ3n) is 2.38. The van der Waals surface area contributed by atoms with Crippen molar-refractivity contribution >= 4 is 28.1 Å². The minimum absolute atomic E-state index is 0.511. The molecule has 1 aromatic carbocycles. The number of thiazole rings is 1. The van der Waals surface area contributed by atoms with Gasteiger partial charge in [-0.05, 0) is 17.7 Å². The molecule has 5 heteroatoms. The van der Waals surface area contributed by atoms with Crippen LogP contribution in [0, 0.1) is 0 Å². The zero-order valence-electron chi connectivity index (χ0n) is 8.29.